The highest BCUT2D eigenvalue weighted by Crippen LogP contribution is 2.39. The molecule has 122 valence electrons. The zero-order valence-corrected chi connectivity index (χ0v) is 15.1. The summed E-state index contributed by atoms with van der Waals surface area (Å²) in [5.74, 6) is 0.536. The second-order valence-corrected chi connectivity index (χ2v) is 8.01. The van der Waals surface area contributed by atoms with Gasteiger partial charge in [0.25, 0.3) is 0 Å². The molecule has 0 unspecified atom stereocenters. The number of aryl methyl sites for hydroxylation is 1. The van der Waals surface area contributed by atoms with Gasteiger partial charge in [-0.05, 0) is 46.9 Å². The van der Waals surface area contributed by atoms with Gasteiger partial charge in [0, 0.05) is 6.42 Å². The van der Waals surface area contributed by atoms with Crippen LogP contribution in [0.5, 0.6) is 5.75 Å². The third kappa shape index (κ3) is 4.72. The average Bonchev–Trinajstić information content (AvgIpc) is 2.35. The largest absolute Gasteiger partial charge is 0.507 e. The average molecular weight is 302 g/mol. The molecule has 0 saturated carbocycles. The summed E-state index contributed by atoms with van der Waals surface area (Å²) in [5.41, 5.74) is 2.76. The van der Waals surface area contributed by atoms with Crippen LogP contribution in [0.25, 0.3) is 0 Å². The van der Waals surface area contributed by atoms with Gasteiger partial charge in [-0.2, -0.15) is 0 Å². The number of rotatable bonds is 4. The molecule has 0 aliphatic rings. The minimum atomic E-state index is -0.132. The van der Waals surface area contributed by atoms with Crippen molar-refractivity contribution < 1.29 is 9.90 Å². The van der Waals surface area contributed by atoms with Crippen molar-refractivity contribution in [3.63, 3.8) is 0 Å². The van der Waals surface area contributed by atoms with Crippen LogP contribution in [0.4, 0.5) is 0 Å². The van der Waals surface area contributed by atoms with E-state index >= 15 is 0 Å². The standard InChI is InChI=1S/C20H30O2/c1-8-9-15(21)11-10-14-12-16(19(2,3)4)18(22)17(13-14)20(5,6)7/h8-9,12-13,22H,10-11H2,1-7H3. The summed E-state index contributed by atoms with van der Waals surface area (Å²) in [6, 6.07) is 4.10. The van der Waals surface area contributed by atoms with Crippen molar-refractivity contribution in [3.8, 4) is 5.75 Å². The monoisotopic (exact) mass is 302 g/mol. The van der Waals surface area contributed by atoms with Gasteiger partial charge in [-0.3, -0.25) is 4.79 Å². The smallest absolute Gasteiger partial charge is 0.155 e. The summed E-state index contributed by atoms with van der Waals surface area (Å²) in [7, 11) is 0. The van der Waals surface area contributed by atoms with E-state index in [2.05, 4.69) is 41.5 Å². The number of allylic oxidation sites excluding steroid dienone is 2. The quantitative estimate of drug-likeness (QED) is 0.789. The molecule has 0 radical (unpaired) electrons. The number of carbonyl (C=O) groups is 1. The molecule has 0 saturated heterocycles. The van der Waals surface area contributed by atoms with E-state index in [1.165, 1.54) is 0 Å². The Labute approximate surface area is 135 Å². The zero-order chi connectivity index (χ0) is 17.1. The number of benzene rings is 1. The first-order valence-corrected chi connectivity index (χ1v) is 7.99. The number of aromatic hydroxyl groups is 1. The van der Waals surface area contributed by atoms with Crippen LogP contribution in [0.2, 0.25) is 0 Å². The van der Waals surface area contributed by atoms with Crippen molar-refractivity contribution in [3.05, 3.63) is 41.0 Å². The van der Waals surface area contributed by atoms with Crippen LogP contribution in [0.1, 0.15) is 71.6 Å². The van der Waals surface area contributed by atoms with Gasteiger partial charge in [0.1, 0.15) is 5.75 Å². The van der Waals surface area contributed by atoms with Gasteiger partial charge in [0.05, 0.1) is 0 Å². The summed E-state index contributed by atoms with van der Waals surface area (Å²) in [4.78, 5) is 11.7. The van der Waals surface area contributed by atoms with Crippen LogP contribution in [0.15, 0.2) is 24.3 Å². The number of hydrogen-bond donors (Lipinski definition) is 1. The van der Waals surface area contributed by atoms with E-state index in [9.17, 15) is 9.90 Å². The van der Waals surface area contributed by atoms with E-state index in [1.807, 2.05) is 19.1 Å². The summed E-state index contributed by atoms with van der Waals surface area (Å²) < 4.78 is 0. The molecule has 1 aromatic carbocycles. The van der Waals surface area contributed by atoms with Gasteiger partial charge in [-0.1, -0.05) is 59.8 Å². The fourth-order valence-corrected chi connectivity index (χ4v) is 2.52. The molecule has 2 nitrogen and oxygen atoms in total. The third-order valence-corrected chi connectivity index (χ3v) is 3.80. The first-order chi connectivity index (χ1) is 9.96. The highest BCUT2D eigenvalue weighted by atomic mass is 16.3. The van der Waals surface area contributed by atoms with Gasteiger partial charge in [0.15, 0.2) is 5.78 Å². The fourth-order valence-electron chi connectivity index (χ4n) is 2.52. The van der Waals surface area contributed by atoms with Crippen molar-refractivity contribution in [2.45, 2.75) is 72.1 Å². The Morgan fingerprint density at radius 2 is 1.50 bits per heavy atom. The van der Waals surface area contributed by atoms with Gasteiger partial charge in [0.2, 0.25) is 0 Å². The van der Waals surface area contributed by atoms with Crippen molar-refractivity contribution in [2.24, 2.45) is 0 Å². The molecule has 0 atom stereocenters. The Morgan fingerprint density at radius 3 is 1.86 bits per heavy atom. The Kier molecular flexibility index (Phi) is 5.61. The molecule has 1 N–H and O–H groups in total. The predicted octanol–water partition coefficient (Wildman–Crippen LogP) is 5.07. The molecule has 0 spiro atoms. The molecule has 0 aromatic heterocycles. The highest BCUT2D eigenvalue weighted by Gasteiger charge is 2.26. The van der Waals surface area contributed by atoms with Crippen LogP contribution in [-0.4, -0.2) is 10.9 Å². The maximum Gasteiger partial charge on any atom is 0.155 e. The van der Waals surface area contributed by atoms with Gasteiger partial charge in [-0.25, -0.2) is 0 Å². The molecule has 0 amide bonds. The topological polar surface area (TPSA) is 37.3 Å². The normalized spacial score (nSPS) is 12.9. The van der Waals surface area contributed by atoms with Crippen LogP contribution >= 0.6 is 0 Å². The Hall–Kier alpha value is -1.57. The van der Waals surface area contributed by atoms with E-state index in [0.29, 0.717) is 18.6 Å². The summed E-state index contributed by atoms with van der Waals surface area (Å²) in [6.45, 7) is 14.5. The van der Waals surface area contributed by atoms with Crippen molar-refractivity contribution in [1.29, 1.82) is 0 Å². The minimum absolute atomic E-state index is 0.132. The molecule has 0 aliphatic heterocycles. The lowest BCUT2D eigenvalue weighted by Gasteiger charge is -2.28. The predicted molar refractivity (Wildman–Crippen MR) is 93.6 cm³/mol. The van der Waals surface area contributed by atoms with E-state index in [-0.39, 0.29) is 16.6 Å². The molecule has 0 fully saturated rings. The molecular weight excluding hydrogens is 272 g/mol. The molecule has 2 heteroatoms. The Balaban J connectivity index is 3.27. The van der Waals surface area contributed by atoms with Crippen molar-refractivity contribution in [2.75, 3.05) is 0 Å². The van der Waals surface area contributed by atoms with E-state index in [1.54, 1.807) is 12.2 Å². The van der Waals surface area contributed by atoms with Crippen LogP contribution in [0.3, 0.4) is 0 Å². The first-order valence-electron chi connectivity index (χ1n) is 7.99. The van der Waals surface area contributed by atoms with Gasteiger partial charge in [-0.15, -0.1) is 0 Å². The second-order valence-electron chi connectivity index (χ2n) is 8.01. The summed E-state index contributed by atoms with van der Waals surface area (Å²) >= 11 is 0. The lowest BCUT2D eigenvalue weighted by molar-refractivity contribution is -0.114. The van der Waals surface area contributed by atoms with E-state index in [4.69, 9.17) is 0 Å². The lowest BCUT2D eigenvalue weighted by atomic mass is 9.78. The first kappa shape index (κ1) is 18.5. The van der Waals surface area contributed by atoms with Gasteiger partial charge < -0.3 is 5.11 Å². The fraction of sp³-hybridized carbons (Fsp3) is 0.550. The third-order valence-electron chi connectivity index (χ3n) is 3.80. The summed E-state index contributed by atoms with van der Waals surface area (Å²) in [6.07, 6.45) is 4.61. The Morgan fingerprint density at radius 1 is 1.05 bits per heavy atom. The molecule has 0 heterocycles. The van der Waals surface area contributed by atoms with Gasteiger partial charge >= 0.3 is 0 Å². The van der Waals surface area contributed by atoms with E-state index in [0.717, 1.165) is 16.7 Å². The van der Waals surface area contributed by atoms with Crippen molar-refractivity contribution >= 4 is 5.78 Å². The maximum atomic E-state index is 11.7. The van der Waals surface area contributed by atoms with Crippen LogP contribution in [0, 0.1) is 0 Å². The van der Waals surface area contributed by atoms with Crippen LogP contribution in [-0.2, 0) is 22.0 Å². The van der Waals surface area contributed by atoms with Crippen LogP contribution < -0.4 is 0 Å². The minimum Gasteiger partial charge on any atom is -0.507 e. The lowest BCUT2D eigenvalue weighted by Crippen LogP contribution is -2.18. The number of hydrogen-bond acceptors (Lipinski definition) is 2. The molecule has 22 heavy (non-hydrogen) atoms. The maximum absolute atomic E-state index is 11.7. The number of phenolic OH excluding ortho intramolecular Hbond substituents is 1. The number of carbonyl (C=O) groups excluding carboxylic acids is 1. The molecule has 1 aromatic rings. The molecule has 0 bridgehead atoms. The highest BCUT2D eigenvalue weighted by molar-refractivity contribution is 5.89. The zero-order valence-electron chi connectivity index (χ0n) is 15.1. The Bertz CT molecular complexity index is 531. The molecular formula is C20H30O2. The number of phenols is 1. The van der Waals surface area contributed by atoms with E-state index < -0.39 is 0 Å². The van der Waals surface area contributed by atoms with Crippen molar-refractivity contribution in [1.82, 2.24) is 0 Å². The SMILES string of the molecule is CC=CC(=O)CCc1cc(C(C)(C)C)c(O)c(C(C)(C)C)c1. The molecule has 0 aliphatic carbocycles. The number of ketones is 1. The molecule has 1 rings (SSSR count). The second kappa shape index (κ2) is 6.68. The summed E-state index contributed by atoms with van der Waals surface area (Å²) in [5, 5.41) is 10.7.